The SMILES string of the molecule is CCCC[C@H](N)C(=O)OCc1cccs1. The predicted octanol–water partition coefficient (Wildman–Crippen LogP) is 2.31. The minimum absolute atomic E-state index is 0.295. The van der Waals surface area contributed by atoms with Crippen LogP contribution in [-0.2, 0) is 16.1 Å². The molecule has 2 N–H and O–H groups in total. The van der Waals surface area contributed by atoms with Crippen molar-refractivity contribution >= 4 is 17.3 Å². The van der Waals surface area contributed by atoms with Crippen LogP contribution >= 0.6 is 11.3 Å². The first-order valence-electron chi connectivity index (χ1n) is 5.18. The summed E-state index contributed by atoms with van der Waals surface area (Å²) < 4.78 is 5.09. The van der Waals surface area contributed by atoms with Crippen molar-refractivity contribution in [2.45, 2.75) is 38.8 Å². The van der Waals surface area contributed by atoms with Gasteiger partial charge in [0.1, 0.15) is 12.6 Å². The van der Waals surface area contributed by atoms with Gasteiger partial charge in [0.15, 0.2) is 0 Å². The van der Waals surface area contributed by atoms with Gasteiger partial charge in [0.05, 0.1) is 0 Å². The van der Waals surface area contributed by atoms with Crippen LogP contribution in [0, 0.1) is 0 Å². The number of nitrogens with two attached hydrogens (primary N) is 1. The lowest BCUT2D eigenvalue weighted by Gasteiger charge is -2.09. The van der Waals surface area contributed by atoms with E-state index >= 15 is 0 Å². The standard InChI is InChI=1S/C11H17NO2S/c1-2-3-6-10(12)11(13)14-8-9-5-4-7-15-9/h4-5,7,10H,2-3,6,8,12H2,1H3/t10-/m0/s1. The van der Waals surface area contributed by atoms with Crippen molar-refractivity contribution in [3.8, 4) is 0 Å². The molecule has 4 heteroatoms. The summed E-state index contributed by atoms with van der Waals surface area (Å²) in [6, 6.07) is 3.41. The first kappa shape index (κ1) is 12.2. The second-order valence-electron chi connectivity index (χ2n) is 3.44. The first-order valence-corrected chi connectivity index (χ1v) is 6.06. The van der Waals surface area contributed by atoms with Crippen LogP contribution in [0.15, 0.2) is 17.5 Å². The van der Waals surface area contributed by atoms with Gasteiger partial charge < -0.3 is 10.5 Å². The maximum absolute atomic E-state index is 11.4. The number of rotatable bonds is 6. The smallest absolute Gasteiger partial charge is 0.323 e. The molecule has 1 heterocycles. The van der Waals surface area contributed by atoms with E-state index in [1.165, 1.54) is 0 Å². The molecule has 0 aliphatic rings. The summed E-state index contributed by atoms with van der Waals surface area (Å²) in [7, 11) is 0. The van der Waals surface area contributed by atoms with Gasteiger partial charge in [0.25, 0.3) is 0 Å². The van der Waals surface area contributed by atoms with E-state index in [4.69, 9.17) is 10.5 Å². The zero-order chi connectivity index (χ0) is 11.1. The van der Waals surface area contributed by atoms with Crippen molar-refractivity contribution in [2.24, 2.45) is 5.73 Å². The molecule has 84 valence electrons. The number of carbonyl (C=O) groups is 1. The van der Waals surface area contributed by atoms with Gasteiger partial charge in [-0.2, -0.15) is 0 Å². The second kappa shape index (κ2) is 6.58. The van der Waals surface area contributed by atoms with E-state index < -0.39 is 6.04 Å². The number of carbonyl (C=O) groups excluding carboxylic acids is 1. The molecule has 0 amide bonds. The number of esters is 1. The molecule has 3 nitrogen and oxygen atoms in total. The highest BCUT2D eigenvalue weighted by atomic mass is 32.1. The summed E-state index contributed by atoms with van der Waals surface area (Å²) in [5, 5.41) is 1.96. The van der Waals surface area contributed by atoms with Gasteiger partial charge in [-0.15, -0.1) is 11.3 Å². The van der Waals surface area contributed by atoms with Gasteiger partial charge in [0.2, 0.25) is 0 Å². The van der Waals surface area contributed by atoms with Crippen LogP contribution in [0.2, 0.25) is 0 Å². The lowest BCUT2D eigenvalue weighted by molar-refractivity contribution is -0.146. The third kappa shape index (κ3) is 4.44. The average Bonchev–Trinajstić information content (AvgIpc) is 2.75. The number of hydrogen-bond acceptors (Lipinski definition) is 4. The summed E-state index contributed by atoms with van der Waals surface area (Å²) in [6.45, 7) is 2.42. The van der Waals surface area contributed by atoms with Crippen LogP contribution in [-0.4, -0.2) is 12.0 Å². The molecular formula is C11H17NO2S. The third-order valence-corrected chi connectivity index (χ3v) is 2.96. The van der Waals surface area contributed by atoms with Crippen LogP contribution in [0.3, 0.4) is 0 Å². The van der Waals surface area contributed by atoms with Crippen LogP contribution in [0.25, 0.3) is 0 Å². The van der Waals surface area contributed by atoms with E-state index in [1.54, 1.807) is 11.3 Å². The highest BCUT2D eigenvalue weighted by molar-refractivity contribution is 7.09. The van der Waals surface area contributed by atoms with Crippen molar-refractivity contribution in [2.75, 3.05) is 0 Å². The van der Waals surface area contributed by atoms with E-state index in [9.17, 15) is 4.79 Å². The Morgan fingerprint density at radius 1 is 1.67 bits per heavy atom. The molecule has 0 fully saturated rings. The first-order chi connectivity index (χ1) is 7.24. The summed E-state index contributed by atoms with van der Waals surface area (Å²) in [4.78, 5) is 12.4. The molecule has 0 aromatic carbocycles. The lowest BCUT2D eigenvalue weighted by atomic mass is 10.1. The van der Waals surface area contributed by atoms with Crippen molar-refractivity contribution in [3.05, 3.63) is 22.4 Å². The van der Waals surface area contributed by atoms with E-state index in [2.05, 4.69) is 6.92 Å². The maximum atomic E-state index is 11.4. The fourth-order valence-corrected chi connectivity index (χ4v) is 1.80. The highest BCUT2D eigenvalue weighted by Gasteiger charge is 2.14. The molecule has 0 unspecified atom stereocenters. The van der Waals surface area contributed by atoms with Crippen LogP contribution in [0.5, 0.6) is 0 Å². The van der Waals surface area contributed by atoms with Crippen molar-refractivity contribution in [1.82, 2.24) is 0 Å². The molecule has 1 aromatic heterocycles. The summed E-state index contributed by atoms with van der Waals surface area (Å²) in [6.07, 6.45) is 2.72. The predicted molar refractivity (Wildman–Crippen MR) is 61.6 cm³/mol. The summed E-state index contributed by atoms with van der Waals surface area (Å²) in [5.41, 5.74) is 5.67. The van der Waals surface area contributed by atoms with Crippen LogP contribution < -0.4 is 5.73 Å². The molecular weight excluding hydrogens is 210 g/mol. The van der Waals surface area contributed by atoms with E-state index in [0.717, 1.165) is 17.7 Å². The fraction of sp³-hybridized carbons (Fsp3) is 0.545. The number of thiophene rings is 1. The highest BCUT2D eigenvalue weighted by Crippen LogP contribution is 2.10. The van der Waals surface area contributed by atoms with Crippen LogP contribution in [0.1, 0.15) is 31.1 Å². The average molecular weight is 227 g/mol. The van der Waals surface area contributed by atoms with E-state index in [-0.39, 0.29) is 5.97 Å². The zero-order valence-corrected chi connectivity index (χ0v) is 9.76. The molecule has 0 aliphatic carbocycles. The molecule has 1 atom stereocenters. The van der Waals surface area contributed by atoms with Gasteiger partial charge in [0, 0.05) is 4.88 Å². The molecule has 0 saturated heterocycles. The Labute approximate surface area is 94.2 Å². The quantitative estimate of drug-likeness (QED) is 0.759. The van der Waals surface area contributed by atoms with Crippen molar-refractivity contribution < 1.29 is 9.53 Å². The number of hydrogen-bond donors (Lipinski definition) is 1. The Morgan fingerprint density at radius 3 is 3.07 bits per heavy atom. The molecule has 1 rings (SSSR count). The van der Waals surface area contributed by atoms with E-state index in [0.29, 0.717) is 13.0 Å². The molecule has 0 radical (unpaired) electrons. The third-order valence-electron chi connectivity index (χ3n) is 2.11. The number of ether oxygens (including phenoxy) is 1. The molecule has 0 saturated carbocycles. The minimum Gasteiger partial charge on any atom is -0.459 e. The maximum Gasteiger partial charge on any atom is 0.323 e. The summed E-state index contributed by atoms with van der Waals surface area (Å²) in [5.74, 6) is -0.295. The van der Waals surface area contributed by atoms with Gasteiger partial charge in [-0.05, 0) is 17.9 Å². The van der Waals surface area contributed by atoms with Crippen LogP contribution in [0.4, 0.5) is 0 Å². The Hall–Kier alpha value is -0.870. The monoisotopic (exact) mass is 227 g/mol. The van der Waals surface area contributed by atoms with Crippen molar-refractivity contribution in [3.63, 3.8) is 0 Å². The van der Waals surface area contributed by atoms with Gasteiger partial charge in [-0.1, -0.05) is 25.8 Å². The van der Waals surface area contributed by atoms with Gasteiger partial charge >= 0.3 is 5.97 Å². The van der Waals surface area contributed by atoms with Crippen molar-refractivity contribution in [1.29, 1.82) is 0 Å². The minimum atomic E-state index is -0.468. The topological polar surface area (TPSA) is 52.3 Å². The molecule has 0 aliphatic heterocycles. The molecule has 0 spiro atoms. The van der Waals surface area contributed by atoms with E-state index in [1.807, 2.05) is 17.5 Å². The summed E-state index contributed by atoms with van der Waals surface area (Å²) >= 11 is 1.58. The Morgan fingerprint density at radius 2 is 2.47 bits per heavy atom. The Kier molecular flexibility index (Phi) is 5.36. The van der Waals surface area contributed by atoms with Gasteiger partial charge in [-0.3, -0.25) is 4.79 Å². The lowest BCUT2D eigenvalue weighted by Crippen LogP contribution is -2.31. The normalized spacial score (nSPS) is 12.4. The second-order valence-corrected chi connectivity index (χ2v) is 4.47. The Balaban J connectivity index is 2.23. The molecule has 15 heavy (non-hydrogen) atoms. The number of unbranched alkanes of at least 4 members (excludes halogenated alkanes) is 1. The van der Waals surface area contributed by atoms with Gasteiger partial charge in [-0.25, -0.2) is 0 Å². The fourth-order valence-electron chi connectivity index (χ4n) is 1.19. The zero-order valence-electron chi connectivity index (χ0n) is 8.94. The largest absolute Gasteiger partial charge is 0.459 e. The Bertz CT molecular complexity index is 285. The molecule has 0 bridgehead atoms. The molecule has 1 aromatic rings.